The van der Waals surface area contributed by atoms with E-state index < -0.39 is 0 Å². The van der Waals surface area contributed by atoms with Gasteiger partial charge in [-0.05, 0) is 48.4 Å². The number of nitrogens with one attached hydrogen (secondary N) is 2. The largest absolute Gasteiger partial charge is 0.439 e. The van der Waals surface area contributed by atoms with E-state index in [9.17, 15) is 10.1 Å². The van der Waals surface area contributed by atoms with E-state index in [0.29, 0.717) is 35.1 Å². The van der Waals surface area contributed by atoms with Gasteiger partial charge >= 0.3 is 0 Å². The first-order chi connectivity index (χ1) is 19.0. The van der Waals surface area contributed by atoms with Gasteiger partial charge in [-0.15, -0.1) is 10.2 Å². The van der Waals surface area contributed by atoms with Crippen molar-refractivity contribution >= 4 is 39.9 Å². The van der Waals surface area contributed by atoms with Gasteiger partial charge < -0.3 is 20.1 Å². The Bertz CT molecular complexity index is 1740. The summed E-state index contributed by atoms with van der Waals surface area (Å²) in [5, 5.41) is 24.6. The maximum atomic E-state index is 11.6. The number of aromatic nitrogens is 5. The molecule has 0 aliphatic carbocycles. The molecule has 0 radical (unpaired) electrons. The van der Waals surface area contributed by atoms with Crippen molar-refractivity contribution in [2.45, 2.75) is 6.92 Å². The third-order valence-corrected chi connectivity index (χ3v) is 5.84. The second-order valence-electron chi connectivity index (χ2n) is 8.61. The van der Waals surface area contributed by atoms with Crippen LogP contribution < -0.4 is 15.4 Å². The lowest BCUT2D eigenvalue weighted by atomic mass is 10.1. The van der Waals surface area contributed by atoms with E-state index in [-0.39, 0.29) is 12.5 Å². The highest BCUT2D eigenvalue weighted by atomic mass is 16.5. The molecular formula is C28H24N8O3. The quantitative estimate of drug-likeness (QED) is 0.293. The summed E-state index contributed by atoms with van der Waals surface area (Å²) in [4.78, 5) is 20.3. The third kappa shape index (κ3) is 5.82. The summed E-state index contributed by atoms with van der Waals surface area (Å²) in [6, 6.07) is 15.4. The van der Waals surface area contributed by atoms with Gasteiger partial charge in [-0.1, -0.05) is 18.2 Å². The van der Waals surface area contributed by atoms with Gasteiger partial charge in [0, 0.05) is 37.0 Å². The number of amides is 1. The van der Waals surface area contributed by atoms with Gasteiger partial charge in [-0.2, -0.15) is 5.26 Å². The van der Waals surface area contributed by atoms with Crippen LogP contribution in [0, 0.1) is 18.3 Å². The van der Waals surface area contributed by atoms with Crippen molar-refractivity contribution < 1.29 is 14.3 Å². The molecular weight excluding hydrogens is 496 g/mol. The third-order valence-electron chi connectivity index (χ3n) is 5.84. The number of hydrogen-bond donors (Lipinski definition) is 2. The summed E-state index contributed by atoms with van der Waals surface area (Å²) in [5.74, 6) is 0.862. The van der Waals surface area contributed by atoms with Crippen molar-refractivity contribution in [3.05, 3.63) is 84.1 Å². The number of hydrogen-bond acceptors (Lipinski definition) is 9. The van der Waals surface area contributed by atoms with Crippen molar-refractivity contribution in [3.8, 4) is 17.7 Å². The highest BCUT2D eigenvalue weighted by Crippen LogP contribution is 2.32. The monoisotopic (exact) mass is 520 g/mol. The molecule has 194 valence electrons. The average Bonchev–Trinajstić information content (AvgIpc) is 3.41. The van der Waals surface area contributed by atoms with Crippen LogP contribution in [0.4, 0.5) is 11.4 Å². The summed E-state index contributed by atoms with van der Waals surface area (Å²) in [6.45, 7) is 2.32. The maximum Gasteiger partial charge on any atom is 0.246 e. The molecule has 0 saturated heterocycles. The molecule has 0 atom stereocenters. The van der Waals surface area contributed by atoms with Crippen LogP contribution in [0.1, 0.15) is 16.7 Å². The van der Waals surface area contributed by atoms with Crippen LogP contribution in [0.2, 0.25) is 0 Å². The smallest absolute Gasteiger partial charge is 0.246 e. The molecule has 1 amide bonds. The fraction of sp³-hybridized carbons (Fsp3) is 0.143. The topological polar surface area (TPSA) is 139 Å². The zero-order chi connectivity index (χ0) is 27.2. The van der Waals surface area contributed by atoms with Gasteiger partial charge in [0.25, 0.3) is 0 Å². The number of carbonyl (C=O) groups is 1. The van der Waals surface area contributed by atoms with Crippen molar-refractivity contribution in [3.63, 3.8) is 0 Å². The molecule has 2 N–H and O–H groups in total. The van der Waals surface area contributed by atoms with E-state index in [0.717, 1.165) is 27.7 Å². The number of benzene rings is 2. The molecule has 11 heteroatoms. The number of rotatable bonds is 9. The standard InChI is InChI=1S/C28H24N8O3/c1-18-10-21(6-8-24(18)39-27-12-25-35-33-17-36(25)16-32-27)34-28-20(13-29)14-31-23-7-5-19(11-22(23)28)4-3-9-30-26(37)15-38-2/h3-8,10-12,14,16-17H,9,15H2,1-2H3,(H,30,37)(H,31,34)/b4-3+. The number of aryl methyl sites for hydroxylation is 1. The first kappa shape index (κ1) is 25.3. The first-order valence-electron chi connectivity index (χ1n) is 12.0. The second kappa shape index (κ2) is 11.4. The van der Waals surface area contributed by atoms with Crippen molar-refractivity contribution in [2.75, 3.05) is 25.6 Å². The van der Waals surface area contributed by atoms with Gasteiger partial charge in [-0.25, -0.2) is 4.98 Å². The second-order valence-corrected chi connectivity index (χ2v) is 8.61. The lowest BCUT2D eigenvalue weighted by Gasteiger charge is -2.14. The van der Waals surface area contributed by atoms with E-state index in [1.54, 1.807) is 29.3 Å². The van der Waals surface area contributed by atoms with E-state index >= 15 is 0 Å². The lowest BCUT2D eigenvalue weighted by molar-refractivity contribution is -0.124. The van der Waals surface area contributed by atoms with Crippen molar-refractivity contribution in [2.24, 2.45) is 0 Å². The van der Waals surface area contributed by atoms with Crippen LogP contribution in [0.3, 0.4) is 0 Å². The molecule has 3 heterocycles. The molecule has 11 nitrogen and oxygen atoms in total. The number of nitriles is 1. The number of anilines is 2. The molecule has 0 aliphatic heterocycles. The number of fused-ring (bicyclic) bond motifs is 2. The molecule has 0 fully saturated rings. The van der Waals surface area contributed by atoms with Crippen LogP contribution >= 0.6 is 0 Å². The van der Waals surface area contributed by atoms with Crippen LogP contribution in [0.25, 0.3) is 22.6 Å². The fourth-order valence-corrected chi connectivity index (χ4v) is 3.95. The zero-order valence-corrected chi connectivity index (χ0v) is 21.3. The maximum absolute atomic E-state index is 11.6. The molecule has 3 aromatic heterocycles. The number of carbonyl (C=O) groups excluding carboxylic acids is 1. The molecule has 5 aromatic rings. The van der Waals surface area contributed by atoms with Crippen LogP contribution in [-0.4, -0.2) is 50.7 Å². The van der Waals surface area contributed by atoms with Crippen molar-refractivity contribution in [1.82, 2.24) is 29.9 Å². The zero-order valence-electron chi connectivity index (χ0n) is 21.3. The van der Waals surface area contributed by atoms with E-state index in [1.165, 1.54) is 7.11 Å². The van der Waals surface area contributed by atoms with Crippen LogP contribution in [0.5, 0.6) is 11.6 Å². The van der Waals surface area contributed by atoms with Gasteiger partial charge in [0.1, 0.15) is 31.1 Å². The van der Waals surface area contributed by atoms with Gasteiger partial charge in [-0.3, -0.25) is 14.2 Å². The Morgan fingerprint density at radius 2 is 2.05 bits per heavy atom. The summed E-state index contributed by atoms with van der Waals surface area (Å²) >= 11 is 0. The SMILES string of the molecule is COCC(=O)NC/C=C/c1ccc2ncc(C#N)c(Nc3ccc(Oc4cc5nncn5cn4)c(C)c3)c2c1. The first-order valence-corrected chi connectivity index (χ1v) is 12.0. The Morgan fingerprint density at radius 1 is 1.15 bits per heavy atom. The van der Waals surface area contributed by atoms with Crippen LogP contribution in [-0.2, 0) is 9.53 Å². The van der Waals surface area contributed by atoms with Gasteiger partial charge in [0.2, 0.25) is 11.8 Å². The summed E-state index contributed by atoms with van der Waals surface area (Å²) in [5.41, 5.74) is 5.01. The number of nitrogens with zero attached hydrogens (tertiary/aromatic N) is 6. The Kier molecular flexibility index (Phi) is 7.38. The summed E-state index contributed by atoms with van der Waals surface area (Å²) in [6.07, 6.45) is 8.47. The molecule has 0 spiro atoms. The van der Waals surface area contributed by atoms with E-state index in [1.807, 2.05) is 55.5 Å². The Morgan fingerprint density at radius 3 is 2.87 bits per heavy atom. The predicted octanol–water partition coefficient (Wildman–Crippen LogP) is 4.16. The number of pyridine rings is 1. The van der Waals surface area contributed by atoms with Gasteiger partial charge in [0.15, 0.2) is 5.65 Å². The minimum Gasteiger partial charge on any atom is -0.439 e. The molecule has 0 unspecified atom stereocenters. The van der Waals surface area contributed by atoms with Crippen LogP contribution in [0.15, 0.2) is 67.4 Å². The highest BCUT2D eigenvalue weighted by Gasteiger charge is 2.12. The summed E-state index contributed by atoms with van der Waals surface area (Å²) in [7, 11) is 1.47. The molecule has 39 heavy (non-hydrogen) atoms. The molecule has 0 aliphatic rings. The number of methoxy groups -OCH3 is 1. The summed E-state index contributed by atoms with van der Waals surface area (Å²) < 4.78 is 12.5. The van der Waals surface area contributed by atoms with Crippen molar-refractivity contribution in [1.29, 1.82) is 5.26 Å². The molecule has 0 bridgehead atoms. The Hall–Kier alpha value is -5.34. The normalized spacial score (nSPS) is 11.1. The molecule has 2 aromatic carbocycles. The minimum atomic E-state index is -0.186. The van der Waals surface area contributed by atoms with E-state index in [2.05, 4.69) is 36.9 Å². The lowest BCUT2D eigenvalue weighted by Crippen LogP contribution is -2.26. The molecule has 5 rings (SSSR count). The minimum absolute atomic E-state index is 0.0176. The molecule has 0 saturated carbocycles. The Balaban J connectivity index is 1.38. The number of ether oxygens (including phenoxy) is 2. The predicted molar refractivity (Wildman–Crippen MR) is 146 cm³/mol. The highest BCUT2D eigenvalue weighted by molar-refractivity contribution is 5.97. The van der Waals surface area contributed by atoms with Gasteiger partial charge in [0.05, 0.1) is 16.8 Å². The fourth-order valence-electron chi connectivity index (χ4n) is 3.95. The average molecular weight is 521 g/mol. The Labute approximate surface area is 223 Å². The van der Waals surface area contributed by atoms with E-state index in [4.69, 9.17) is 9.47 Å².